The van der Waals surface area contributed by atoms with Crippen molar-refractivity contribution in [2.75, 3.05) is 0 Å². The van der Waals surface area contributed by atoms with Gasteiger partial charge in [-0.1, -0.05) is 12.2 Å². The molecule has 2 unspecified atom stereocenters. The van der Waals surface area contributed by atoms with Crippen LogP contribution < -0.4 is 5.73 Å². The second-order valence-electron chi connectivity index (χ2n) is 2.35. The average Bonchev–Trinajstić information content (AvgIpc) is 2.23. The van der Waals surface area contributed by atoms with Crippen LogP contribution >= 0.6 is 0 Å². The number of nitrogens with two attached hydrogens (primary N) is 1. The van der Waals surface area contributed by atoms with Crippen molar-refractivity contribution in [2.24, 2.45) is 16.6 Å². The molecule has 2 nitrogen and oxygen atoms in total. The molecule has 0 amide bonds. The summed E-state index contributed by atoms with van der Waals surface area (Å²) in [6.45, 7) is 0. The molecule has 0 saturated carbocycles. The van der Waals surface area contributed by atoms with Crippen molar-refractivity contribution in [3.63, 3.8) is 0 Å². The number of amidine groups is 1. The second kappa shape index (κ2) is 1.13. The fourth-order valence-electron chi connectivity index (χ4n) is 1.28. The molecule has 0 aromatic rings. The number of nitrogens with zero attached hydrogens (tertiary/aromatic N) is 1. The molecule has 2 heteroatoms. The van der Waals surface area contributed by atoms with Gasteiger partial charge in [0, 0.05) is 5.92 Å². The number of rotatable bonds is 0. The maximum absolute atomic E-state index is 5.52. The first kappa shape index (κ1) is 4.13. The van der Waals surface area contributed by atoms with Gasteiger partial charge in [-0.05, 0) is 6.42 Å². The first-order valence-corrected chi connectivity index (χ1v) is 2.88. The zero-order valence-electron chi connectivity index (χ0n) is 4.54. The Morgan fingerprint density at radius 3 is 2.75 bits per heavy atom. The maximum Gasteiger partial charge on any atom is 0.101 e. The lowest BCUT2D eigenvalue weighted by atomic mass is 10.1. The number of hydrogen-bond acceptors (Lipinski definition) is 2. The van der Waals surface area contributed by atoms with Crippen LogP contribution in [0.15, 0.2) is 17.1 Å². The van der Waals surface area contributed by atoms with E-state index in [1.807, 2.05) is 0 Å². The number of hydrogen-bond donors (Lipinski definition) is 1. The van der Waals surface area contributed by atoms with E-state index in [9.17, 15) is 0 Å². The molecule has 2 rings (SSSR count). The first-order chi connectivity index (χ1) is 3.86. The van der Waals surface area contributed by atoms with Crippen molar-refractivity contribution < 1.29 is 0 Å². The highest BCUT2D eigenvalue weighted by Crippen LogP contribution is 2.26. The molecule has 2 atom stereocenters. The summed E-state index contributed by atoms with van der Waals surface area (Å²) >= 11 is 0. The van der Waals surface area contributed by atoms with Gasteiger partial charge in [-0.2, -0.15) is 0 Å². The number of dihydropyridines is 1. The molecule has 8 heavy (non-hydrogen) atoms. The first-order valence-electron chi connectivity index (χ1n) is 2.88. The molecule has 2 bridgehead atoms. The Morgan fingerprint density at radius 2 is 2.50 bits per heavy atom. The molecule has 0 aromatic heterocycles. The minimum absolute atomic E-state index is 0.431. The Bertz CT molecular complexity index is 169. The van der Waals surface area contributed by atoms with E-state index in [0.717, 1.165) is 12.3 Å². The van der Waals surface area contributed by atoms with Gasteiger partial charge in [-0.15, -0.1) is 0 Å². The normalized spacial score (nSPS) is 40.8. The summed E-state index contributed by atoms with van der Waals surface area (Å²) in [5, 5.41) is 0. The van der Waals surface area contributed by atoms with Gasteiger partial charge in [0.05, 0.1) is 6.04 Å². The lowest BCUT2D eigenvalue weighted by Crippen LogP contribution is -2.17. The molecule has 2 aliphatic rings. The largest absolute Gasteiger partial charge is 0.387 e. The molecule has 42 valence electrons. The molecule has 0 radical (unpaired) electrons. The third-order valence-electron chi connectivity index (χ3n) is 1.76. The Hall–Kier alpha value is -0.790. The summed E-state index contributed by atoms with van der Waals surface area (Å²) in [6.07, 6.45) is 5.40. The van der Waals surface area contributed by atoms with Crippen LogP contribution in [0, 0.1) is 5.92 Å². The van der Waals surface area contributed by atoms with E-state index in [4.69, 9.17) is 5.73 Å². The molecule has 1 heterocycles. The smallest absolute Gasteiger partial charge is 0.101 e. The van der Waals surface area contributed by atoms with Gasteiger partial charge in [-0.3, -0.25) is 4.99 Å². The highest BCUT2D eigenvalue weighted by Gasteiger charge is 2.27. The molecule has 0 spiro atoms. The van der Waals surface area contributed by atoms with E-state index in [-0.39, 0.29) is 0 Å². The summed E-state index contributed by atoms with van der Waals surface area (Å²) < 4.78 is 0. The van der Waals surface area contributed by atoms with Crippen LogP contribution in [0.25, 0.3) is 0 Å². The lowest BCUT2D eigenvalue weighted by molar-refractivity contribution is 0.779. The summed E-state index contributed by atoms with van der Waals surface area (Å²) in [5.41, 5.74) is 5.52. The molecular formula is C6H8N2. The minimum Gasteiger partial charge on any atom is -0.387 e. The van der Waals surface area contributed by atoms with Crippen LogP contribution in [0.1, 0.15) is 6.42 Å². The predicted octanol–water partition coefficient (Wildman–Crippen LogP) is 0.302. The number of aliphatic imine (C=N–C) groups is 1. The van der Waals surface area contributed by atoms with Crippen molar-refractivity contribution in [2.45, 2.75) is 12.5 Å². The quantitative estimate of drug-likeness (QED) is 0.445. The zero-order valence-corrected chi connectivity index (χ0v) is 4.54. The fraction of sp³-hybridized carbons (Fsp3) is 0.500. The van der Waals surface area contributed by atoms with Crippen LogP contribution in [-0.2, 0) is 0 Å². The summed E-state index contributed by atoms with van der Waals surface area (Å²) in [7, 11) is 0. The zero-order chi connectivity index (χ0) is 5.56. The lowest BCUT2D eigenvalue weighted by Gasteiger charge is -1.97. The molecule has 2 N–H and O–H groups in total. The monoisotopic (exact) mass is 108 g/mol. The third-order valence-corrected chi connectivity index (χ3v) is 1.76. The molecule has 1 aliphatic heterocycles. The Kier molecular flexibility index (Phi) is 0.583. The molecule has 0 saturated heterocycles. The summed E-state index contributed by atoms with van der Waals surface area (Å²) in [4.78, 5) is 4.16. The fourth-order valence-corrected chi connectivity index (χ4v) is 1.28. The highest BCUT2D eigenvalue weighted by atomic mass is 14.9. The molecule has 1 aliphatic carbocycles. The summed E-state index contributed by atoms with van der Waals surface area (Å²) in [6, 6.07) is 0.431. The third kappa shape index (κ3) is 0.351. The van der Waals surface area contributed by atoms with E-state index in [1.54, 1.807) is 0 Å². The van der Waals surface area contributed by atoms with E-state index in [1.165, 1.54) is 0 Å². The Labute approximate surface area is 48.1 Å². The number of fused-ring (bicyclic) bond motifs is 2. The van der Waals surface area contributed by atoms with Crippen molar-refractivity contribution in [1.82, 2.24) is 0 Å². The van der Waals surface area contributed by atoms with Crippen LogP contribution in [0.2, 0.25) is 0 Å². The second-order valence-corrected chi connectivity index (χ2v) is 2.35. The Balaban J connectivity index is 2.36. The van der Waals surface area contributed by atoms with Crippen LogP contribution in [0.5, 0.6) is 0 Å². The van der Waals surface area contributed by atoms with Gasteiger partial charge in [0.25, 0.3) is 0 Å². The summed E-state index contributed by atoms with van der Waals surface area (Å²) in [5.74, 6) is 1.32. The van der Waals surface area contributed by atoms with Crippen LogP contribution in [-0.4, -0.2) is 11.9 Å². The van der Waals surface area contributed by atoms with E-state index in [2.05, 4.69) is 17.1 Å². The SMILES string of the molecule is NC1=NC2C=CC1C2. The van der Waals surface area contributed by atoms with Gasteiger partial charge in [0.2, 0.25) is 0 Å². The van der Waals surface area contributed by atoms with Crippen LogP contribution in [0.3, 0.4) is 0 Å². The van der Waals surface area contributed by atoms with Gasteiger partial charge >= 0.3 is 0 Å². The van der Waals surface area contributed by atoms with E-state index in [0.29, 0.717) is 12.0 Å². The average molecular weight is 108 g/mol. The van der Waals surface area contributed by atoms with Gasteiger partial charge < -0.3 is 5.73 Å². The van der Waals surface area contributed by atoms with Crippen molar-refractivity contribution in [1.29, 1.82) is 0 Å². The maximum atomic E-state index is 5.52. The highest BCUT2D eigenvalue weighted by molar-refractivity contribution is 5.87. The molecule has 0 fully saturated rings. The van der Waals surface area contributed by atoms with Gasteiger partial charge in [0.15, 0.2) is 0 Å². The molecular weight excluding hydrogens is 100 g/mol. The van der Waals surface area contributed by atoms with E-state index >= 15 is 0 Å². The Morgan fingerprint density at radius 1 is 1.62 bits per heavy atom. The van der Waals surface area contributed by atoms with Crippen LogP contribution in [0.4, 0.5) is 0 Å². The predicted molar refractivity (Wildman–Crippen MR) is 32.7 cm³/mol. The standard InChI is InChI=1S/C6H8N2/c7-6-4-1-2-5(3-4)8-6/h1-2,4-5H,3H2,(H2,7,8). The van der Waals surface area contributed by atoms with Crippen molar-refractivity contribution >= 4 is 5.84 Å². The topological polar surface area (TPSA) is 38.4 Å². The van der Waals surface area contributed by atoms with Crippen molar-refractivity contribution in [3.05, 3.63) is 12.2 Å². The van der Waals surface area contributed by atoms with Gasteiger partial charge in [-0.25, -0.2) is 0 Å². The van der Waals surface area contributed by atoms with Crippen molar-refractivity contribution in [3.8, 4) is 0 Å². The minimum atomic E-state index is 0.431. The van der Waals surface area contributed by atoms with E-state index < -0.39 is 0 Å². The van der Waals surface area contributed by atoms with Gasteiger partial charge in [0.1, 0.15) is 5.84 Å². The molecule has 0 aromatic carbocycles.